The van der Waals surface area contributed by atoms with Gasteiger partial charge in [-0.3, -0.25) is 38.7 Å². The van der Waals surface area contributed by atoms with Crippen molar-refractivity contribution < 1.29 is 58.7 Å². The topological polar surface area (TPSA) is 243 Å². The first-order valence-electron chi connectivity index (χ1n) is 38.6. The molecular formula is C82H105ClF3N11O10S4. The molecule has 1 aliphatic carbocycles. The zero-order valence-electron chi connectivity index (χ0n) is 64.3. The van der Waals surface area contributed by atoms with Crippen LogP contribution in [0.25, 0.3) is 16.0 Å². The number of alkyl halides is 3. The Hall–Kier alpha value is -7.41. The van der Waals surface area contributed by atoms with E-state index in [-0.39, 0.29) is 47.1 Å². The number of sulfonamides is 1. The fourth-order valence-corrected chi connectivity index (χ4v) is 19.5. The molecule has 4 fully saturated rings. The number of hydrogen-bond acceptors (Lipinski definition) is 18. The molecular weight excluding hydrogens is 1520 g/mol. The fourth-order valence-electron chi connectivity index (χ4n) is 15.5. The standard InChI is InChI=1S/C82H105ClF3N11O10S4/c1-57(59-20-22-61(23-21-59)75-58(2)87-56-109-75)88-78(101)71-17-14-37-97(71)79(102)76(80(3,4)5)90-73(98)18-12-7-8-13-19-74(99)96-45-41-94(42-46-96)55-81(6)36-34-69(60-24-28-64(83)29-25-60)63(52-81)53-93-39-43-95(44-40-93)66-30-26-62(27-31-66)77(100)91-111(105,106)68-32-33-70(72(51-68)110(103,104)82(84,85)86)89-65(35-38-92-47-49-107-50-48-92)54-108-67-15-10-9-11-16-67/h9-11,15-16,20-33,51,56-57,65,71,76,89H,7-8,12-14,17-19,34-50,52-55H2,1-6H3,(H,88,101)(H,90,98)(H,91,100)/t57-,65+,71-,76?,81+/m0/s1. The lowest BCUT2D eigenvalue weighted by Gasteiger charge is -2.44. The zero-order chi connectivity index (χ0) is 79.3. The van der Waals surface area contributed by atoms with Crippen LogP contribution in [0.3, 0.4) is 0 Å². The first kappa shape index (κ1) is 84.5. The lowest BCUT2D eigenvalue weighted by atomic mass is 9.71. The minimum Gasteiger partial charge on any atom is -0.380 e. The molecule has 0 saturated carbocycles. The molecule has 111 heavy (non-hydrogen) atoms. The summed E-state index contributed by atoms with van der Waals surface area (Å²) in [6.07, 6.45) is 8.05. The first-order chi connectivity index (χ1) is 52.9. The summed E-state index contributed by atoms with van der Waals surface area (Å²) >= 11 is 9.43. The number of amides is 5. The average Bonchev–Trinajstić information content (AvgIpc) is 1.56. The number of likely N-dealkylation sites (tertiary alicyclic amines) is 1. The van der Waals surface area contributed by atoms with Gasteiger partial charge in [0, 0.05) is 137 Å². The van der Waals surface area contributed by atoms with Crippen molar-refractivity contribution in [3.05, 3.63) is 160 Å². The molecule has 4 aliphatic heterocycles. The van der Waals surface area contributed by atoms with Crippen molar-refractivity contribution in [2.45, 2.75) is 163 Å². The normalized spacial score (nSPS) is 19.5. The van der Waals surface area contributed by atoms with Crippen LogP contribution in [0, 0.1) is 17.8 Å². The Kier molecular flexibility index (Phi) is 28.7. The second-order valence-corrected chi connectivity index (χ2v) is 37.4. The van der Waals surface area contributed by atoms with Crippen molar-refractivity contribution in [2.75, 3.05) is 121 Å². The highest BCUT2D eigenvalue weighted by Crippen LogP contribution is 2.45. The molecule has 5 aromatic carbocycles. The third kappa shape index (κ3) is 22.5. The number of nitrogens with one attached hydrogen (secondary N) is 4. The molecule has 1 aromatic heterocycles. The number of sulfone groups is 1. The Balaban J connectivity index is 0.618. The number of morpholine rings is 1. The van der Waals surface area contributed by atoms with E-state index in [1.807, 2.05) is 116 Å². The SMILES string of the molecule is Cc1ncsc1-c1ccc([C@H](C)NC(=O)[C@@H]2CCCN2C(=O)C(NC(=O)CCCCCCC(=O)N2CCN(C[C@]3(C)CCC(c4ccc(Cl)cc4)=C(CN4CCN(c5ccc(C(=O)NS(=O)(=O)c6ccc(N[C@H](CCN7CCOCC7)CSc7ccccc7)c(S(=O)(=O)C(F)(F)F)c6)cc5)CC4)C3)CC2)C(C)(C)C)cc1. The molecule has 4 N–H and O–H groups in total. The number of unbranched alkanes of at least 4 members (excludes halogenated alkanes) is 3. The van der Waals surface area contributed by atoms with Gasteiger partial charge in [0.2, 0.25) is 23.6 Å². The predicted molar refractivity (Wildman–Crippen MR) is 432 cm³/mol. The number of ether oxygens (including phenoxy) is 1. The number of benzene rings is 5. The van der Waals surface area contributed by atoms with Crippen LogP contribution in [0.1, 0.15) is 145 Å². The number of allylic oxidation sites excluding steroid dienone is 1. The summed E-state index contributed by atoms with van der Waals surface area (Å²) in [5.41, 5.74) is 2.65. The van der Waals surface area contributed by atoms with E-state index in [0.29, 0.717) is 115 Å². The number of halogens is 4. The summed E-state index contributed by atoms with van der Waals surface area (Å²) in [7, 11) is -11.0. The van der Waals surface area contributed by atoms with Gasteiger partial charge in [-0.05, 0) is 165 Å². The molecule has 0 bridgehead atoms. The van der Waals surface area contributed by atoms with Crippen LogP contribution in [0.2, 0.25) is 5.02 Å². The van der Waals surface area contributed by atoms with Gasteiger partial charge in [0.15, 0.2) is 0 Å². The van der Waals surface area contributed by atoms with E-state index >= 15 is 0 Å². The largest absolute Gasteiger partial charge is 0.501 e. The number of anilines is 2. The highest BCUT2D eigenvalue weighted by atomic mass is 35.5. The van der Waals surface area contributed by atoms with E-state index in [1.165, 1.54) is 35.0 Å². The maximum atomic E-state index is 14.4. The number of piperazine rings is 2. The summed E-state index contributed by atoms with van der Waals surface area (Å²) in [5, 5.41) is 9.86. The van der Waals surface area contributed by atoms with Crippen molar-refractivity contribution in [3.8, 4) is 10.4 Å². The summed E-state index contributed by atoms with van der Waals surface area (Å²) in [6, 6.07) is 32.0. The maximum absolute atomic E-state index is 14.4. The molecule has 4 saturated heterocycles. The molecule has 0 radical (unpaired) electrons. The number of hydrogen-bond donors (Lipinski definition) is 4. The van der Waals surface area contributed by atoms with Crippen LogP contribution in [0.5, 0.6) is 0 Å². The Morgan fingerprint density at radius 3 is 2.08 bits per heavy atom. The molecule has 5 atom stereocenters. The minimum absolute atomic E-state index is 0.0213. The van der Waals surface area contributed by atoms with Gasteiger partial charge in [-0.15, -0.1) is 23.1 Å². The number of nitrogens with zero attached hydrogens (tertiary/aromatic N) is 7. The van der Waals surface area contributed by atoms with Gasteiger partial charge in [0.25, 0.3) is 25.8 Å². The van der Waals surface area contributed by atoms with E-state index in [9.17, 15) is 54.0 Å². The number of carbonyl (C=O) groups is 5. The van der Waals surface area contributed by atoms with Gasteiger partial charge in [-0.2, -0.15) is 13.2 Å². The molecule has 21 nitrogen and oxygen atoms in total. The summed E-state index contributed by atoms with van der Waals surface area (Å²) in [4.78, 5) is 86.0. The van der Waals surface area contributed by atoms with Crippen molar-refractivity contribution >= 4 is 101 Å². The molecule has 29 heteroatoms. The monoisotopic (exact) mass is 1620 g/mol. The maximum Gasteiger partial charge on any atom is 0.501 e. The number of thiazole rings is 1. The Morgan fingerprint density at radius 2 is 1.42 bits per heavy atom. The second-order valence-electron chi connectivity index (χ2n) is 31.4. The van der Waals surface area contributed by atoms with Gasteiger partial charge >= 0.3 is 5.51 Å². The van der Waals surface area contributed by atoms with Crippen molar-refractivity contribution in [1.82, 2.24) is 44.8 Å². The molecule has 5 aliphatic rings. The summed E-state index contributed by atoms with van der Waals surface area (Å²) in [5.74, 6) is -1.23. The Labute approximate surface area is 665 Å². The molecule has 6 aromatic rings. The van der Waals surface area contributed by atoms with Crippen LogP contribution >= 0.6 is 34.7 Å². The predicted octanol–water partition coefficient (Wildman–Crippen LogP) is 13.1. The van der Waals surface area contributed by atoms with Crippen molar-refractivity contribution in [1.29, 1.82) is 0 Å². The molecule has 11 rings (SSSR count). The number of rotatable bonds is 31. The second kappa shape index (κ2) is 37.7. The highest BCUT2D eigenvalue weighted by Gasteiger charge is 2.49. The number of aromatic nitrogens is 1. The van der Waals surface area contributed by atoms with Crippen LogP contribution in [0.4, 0.5) is 24.5 Å². The minimum atomic E-state index is -6.11. The van der Waals surface area contributed by atoms with Gasteiger partial charge in [-0.1, -0.05) is 112 Å². The third-order valence-electron chi connectivity index (χ3n) is 22.0. The Bertz CT molecular complexity index is 4460. The molecule has 1 unspecified atom stereocenters. The number of carbonyl (C=O) groups excluding carboxylic acids is 5. The number of thioether (sulfide) groups is 1. The number of aryl methyl sites for hydroxylation is 1. The van der Waals surface area contributed by atoms with E-state index in [1.54, 1.807) is 28.4 Å². The Morgan fingerprint density at radius 1 is 0.757 bits per heavy atom. The summed E-state index contributed by atoms with van der Waals surface area (Å²) in [6.45, 7) is 22.8. The van der Waals surface area contributed by atoms with Gasteiger partial charge < -0.3 is 35.4 Å². The van der Waals surface area contributed by atoms with E-state index in [4.69, 9.17) is 16.3 Å². The van der Waals surface area contributed by atoms with E-state index < -0.39 is 70.3 Å². The van der Waals surface area contributed by atoms with Crippen LogP contribution in [0.15, 0.2) is 147 Å². The lowest BCUT2D eigenvalue weighted by molar-refractivity contribution is -0.144. The van der Waals surface area contributed by atoms with E-state index in [0.717, 1.165) is 128 Å². The molecule has 0 spiro atoms. The highest BCUT2D eigenvalue weighted by molar-refractivity contribution is 7.99. The molecule has 5 amide bonds. The third-order valence-corrected chi connectivity index (χ3v) is 27.2. The zero-order valence-corrected chi connectivity index (χ0v) is 68.3. The molecule has 600 valence electrons. The van der Waals surface area contributed by atoms with Gasteiger partial charge in [0.05, 0.1) is 45.9 Å². The average molecular weight is 1630 g/mol. The van der Waals surface area contributed by atoms with Crippen molar-refractivity contribution in [2.24, 2.45) is 10.8 Å². The smallest absolute Gasteiger partial charge is 0.380 e. The fraction of sp³-hybridized carbons (Fsp3) is 0.512. The van der Waals surface area contributed by atoms with Crippen molar-refractivity contribution in [3.63, 3.8) is 0 Å². The quantitative estimate of drug-likeness (QED) is 0.0233. The van der Waals surface area contributed by atoms with Gasteiger partial charge in [0.1, 0.15) is 17.0 Å². The van der Waals surface area contributed by atoms with Crippen LogP contribution in [-0.4, -0.2) is 210 Å². The lowest BCUT2D eigenvalue weighted by Crippen LogP contribution is -2.57. The summed E-state index contributed by atoms with van der Waals surface area (Å²) < 4.78 is 105. The van der Waals surface area contributed by atoms with Crippen LogP contribution in [-0.2, 0) is 43.8 Å². The molecule has 5 heterocycles. The first-order valence-corrected chi connectivity index (χ1v) is 43.8. The van der Waals surface area contributed by atoms with Gasteiger partial charge in [-0.25, -0.2) is 26.5 Å². The van der Waals surface area contributed by atoms with E-state index in [2.05, 4.69) is 59.6 Å². The van der Waals surface area contributed by atoms with Crippen LogP contribution < -0.4 is 25.6 Å².